The van der Waals surface area contributed by atoms with E-state index in [0.29, 0.717) is 12.8 Å². The summed E-state index contributed by atoms with van der Waals surface area (Å²) in [7, 11) is -4.37. The Morgan fingerprint density at radius 1 is 1.05 bits per heavy atom. The van der Waals surface area contributed by atoms with E-state index in [9.17, 15) is 17.2 Å². The summed E-state index contributed by atoms with van der Waals surface area (Å²) >= 11 is 0. The molecular weight excluding hydrogens is 282 g/mol. The lowest BCUT2D eigenvalue weighted by Crippen LogP contribution is -2.11. The van der Waals surface area contributed by atoms with Gasteiger partial charge in [0.2, 0.25) is 9.84 Å². The largest absolute Gasteiger partial charge is 0.250 e. The molecule has 0 atom stereocenters. The number of hydrogen-bond donors (Lipinski definition) is 0. The van der Waals surface area contributed by atoms with Crippen LogP contribution in [-0.4, -0.2) is 8.42 Å². The fraction of sp³-hybridized carbons (Fsp3) is 0.467. The molecule has 1 saturated carbocycles. The number of rotatable bonds is 3. The lowest BCUT2D eigenvalue weighted by atomic mass is 9.89. The number of sulfone groups is 1. The Morgan fingerprint density at radius 2 is 1.60 bits per heavy atom. The van der Waals surface area contributed by atoms with Crippen molar-refractivity contribution in [3.63, 3.8) is 0 Å². The van der Waals surface area contributed by atoms with Crippen molar-refractivity contribution in [1.29, 1.82) is 0 Å². The van der Waals surface area contributed by atoms with Gasteiger partial charge in [0.25, 0.3) is 5.16 Å². The van der Waals surface area contributed by atoms with Gasteiger partial charge < -0.3 is 0 Å². The molecule has 1 aromatic carbocycles. The zero-order valence-corrected chi connectivity index (χ0v) is 12.2. The second kappa shape index (κ2) is 6.04. The molecule has 0 amide bonds. The molecule has 2 nitrogen and oxygen atoms in total. The van der Waals surface area contributed by atoms with Crippen LogP contribution < -0.4 is 0 Å². The molecule has 0 aliphatic heterocycles. The van der Waals surface area contributed by atoms with E-state index >= 15 is 0 Å². The fourth-order valence-electron chi connectivity index (χ4n) is 2.47. The maximum absolute atomic E-state index is 14.1. The standard InChI is InChI=1S/C15H18F2O2S/c1-11-7-9-13(10-8-11)20(18,19)15(17)14(16)12-5-3-2-4-6-12/h7-10,12H,2-6H2,1H3/b15-14-. The van der Waals surface area contributed by atoms with Crippen LogP contribution in [0.25, 0.3) is 0 Å². The van der Waals surface area contributed by atoms with Crippen LogP contribution >= 0.6 is 0 Å². The Bertz CT molecular complexity index is 597. The van der Waals surface area contributed by atoms with Gasteiger partial charge in [0.1, 0.15) is 0 Å². The van der Waals surface area contributed by atoms with Gasteiger partial charge in [0.15, 0.2) is 5.83 Å². The Hall–Kier alpha value is -1.23. The lowest BCUT2D eigenvalue weighted by Gasteiger charge is -2.20. The van der Waals surface area contributed by atoms with Gasteiger partial charge in [0.05, 0.1) is 4.90 Å². The van der Waals surface area contributed by atoms with Gasteiger partial charge in [-0.15, -0.1) is 0 Å². The van der Waals surface area contributed by atoms with Crippen LogP contribution in [0.3, 0.4) is 0 Å². The summed E-state index contributed by atoms with van der Waals surface area (Å²) in [5.74, 6) is -1.70. The highest BCUT2D eigenvalue weighted by atomic mass is 32.2. The summed E-state index contributed by atoms with van der Waals surface area (Å²) in [5, 5.41) is -1.62. The first-order valence-electron chi connectivity index (χ1n) is 6.80. The molecule has 5 heteroatoms. The molecule has 1 aliphatic rings. The minimum atomic E-state index is -4.37. The predicted octanol–water partition coefficient (Wildman–Crippen LogP) is 4.46. The SMILES string of the molecule is Cc1ccc(S(=O)(=O)/C(F)=C(\F)C2CCCCC2)cc1. The Balaban J connectivity index is 2.34. The summed E-state index contributed by atoms with van der Waals surface area (Å²) in [6.45, 7) is 1.80. The maximum atomic E-state index is 14.1. The number of aryl methyl sites for hydroxylation is 1. The van der Waals surface area contributed by atoms with Crippen molar-refractivity contribution in [1.82, 2.24) is 0 Å². The number of benzene rings is 1. The molecule has 0 aromatic heterocycles. The quantitative estimate of drug-likeness (QED) is 0.826. The third kappa shape index (κ3) is 3.08. The third-order valence-corrected chi connectivity index (χ3v) is 5.28. The monoisotopic (exact) mass is 300 g/mol. The van der Waals surface area contributed by atoms with E-state index in [1.54, 1.807) is 19.1 Å². The molecule has 0 unspecified atom stereocenters. The van der Waals surface area contributed by atoms with Crippen LogP contribution in [0.5, 0.6) is 0 Å². The highest BCUT2D eigenvalue weighted by Gasteiger charge is 2.30. The number of hydrogen-bond acceptors (Lipinski definition) is 2. The summed E-state index contributed by atoms with van der Waals surface area (Å²) in [5.41, 5.74) is 0.862. The summed E-state index contributed by atoms with van der Waals surface area (Å²) in [6.07, 6.45) is 3.66. The van der Waals surface area contributed by atoms with Crippen molar-refractivity contribution >= 4 is 9.84 Å². The molecule has 1 aromatic rings. The normalized spacial score (nSPS) is 18.8. The van der Waals surface area contributed by atoms with Gasteiger partial charge in [-0.1, -0.05) is 37.0 Å². The van der Waals surface area contributed by atoms with Crippen molar-refractivity contribution in [2.24, 2.45) is 5.92 Å². The molecule has 0 spiro atoms. The second-order valence-corrected chi connectivity index (χ2v) is 7.11. The lowest BCUT2D eigenvalue weighted by molar-refractivity contribution is 0.336. The molecular formula is C15H18F2O2S. The van der Waals surface area contributed by atoms with Gasteiger partial charge >= 0.3 is 0 Å². The van der Waals surface area contributed by atoms with Crippen LogP contribution in [0.2, 0.25) is 0 Å². The summed E-state index contributed by atoms with van der Waals surface area (Å²) in [6, 6.07) is 5.74. The minimum Gasteiger partial charge on any atom is -0.216 e. The van der Waals surface area contributed by atoms with Crippen LogP contribution in [0.15, 0.2) is 40.1 Å². The van der Waals surface area contributed by atoms with Crippen molar-refractivity contribution in [2.75, 3.05) is 0 Å². The maximum Gasteiger partial charge on any atom is 0.250 e. The molecule has 20 heavy (non-hydrogen) atoms. The second-order valence-electron chi connectivity index (χ2n) is 5.27. The van der Waals surface area contributed by atoms with Crippen molar-refractivity contribution < 1.29 is 17.2 Å². The van der Waals surface area contributed by atoms with Crippen LogP contribution in [-0.2, 0) is 9.84 Å². The first-order chi connectivity index (χ1) is 9.43. The molecule has 1 aliphatic carbocycles. The Morgan fingerprint density at radius 3 is 2.15 bits per heavy atom. The number of halogens is 2. The molecule has 0 heterocycles. The van der Waals surface area contributed by atoms with Crippen LogP contribution in [0.4, 0.5) is 8.78 Å². The molecule has 0 saturated heterocycles. The fourth-order valence-corrected chi connectivity index (χ4v) is 3.59. The first kappa shape index (κ1) is 15.2. The molecule has 0 N–H and O–H groups in total. The average molecular weight is 300 g/mol. The highest BCUT2D eigenvalue weighted by Crippen LogP contribution is 2.35. The van der Waals surface area contributed by atoms with Crippen molar-refractivity contribution in [2.45, 2.75) is 43.9 Å². The zero-order valence-electron chi connectivity index (χ0n) is 11.4. The van der Waals surface area contributed by atoms with E-state index in [1.165, 1.54) is 12.1 Å². The summed E-state index contributed by atoms with van der Waals surface area (Å²) in [4.78, 5) is -0.202. The zero-order chi connectivity index (χ0) is 14.8. The average Bonchev–Trinajstić information content (AvgIpc) is 2.47. The first-order valence-corrected chi connectivity index (χ1v) is 8.28. The Labute approximate surface area is 118 Å². The molecule has 2 rings (SSSR count). The Kier molecular flexibility index (Phi) is 4.58. The summed E-state index contributed by atoms with van der Waals surface area (Å²) < 4.78 is 52.2. The predicted molar refractivity (Wildman–Crippen MR) is 74.2 cm³/mol. The van der Waals surface area contributed by atoms with E-state index in [-0.39, 0.29) is 4.90 Å². The van der Waals surface area contributed by atoms with Crippen molar-refractivity contribution in [3.8, 4) is 0 Å². The topological polar surface area (TPSA) is 34.1 Å². The highest BCUT2D eigenvalue weighted by molar-refractivity contribution is 7.95. The van der Waals surface area contributed by atoms with E-state index in [0.717, 1.165) is 24.8 Å². The van der Waals surface area contributed by atoms with Gasteiger partial charge in [-0.05, 0) is 31.9 Å². The minimum absolute atomic E-state index is 0.202. The molecule has 1 fully saturated rings. The van der Waals surface area contributed by atoms with E-state index in [2.05, 4.69) is 0 Å². The van der Waals surface area contributed by atoms with Gasteiger partial charge in [-0.3, -0.25) is 0 Å². The smallest absolute Gasteiger partial charge is 0.216 e. The van der Waals surface area contributed by atoms with Gasteiger partial charge in [-0.2, -0.15) is 4.39 Å². The van der Waals surface area contributed by atoms with Crippen molar-refractivity contribution in [3.05, 3.63) is 40.8 Å². The third-order valence-electron chi connectivity index (χ3n) is 3.72. The van der Waals surface area contributed by atoms with Crippen LogP contribution in [0.1, 0.15) is 37.7 Å². The van der Waals surface area contributed by atoms with Gasteiger partial charge in [0, 0.05) is 5.92 Å². The van der Waals surface area contributed by atoms with E-state index in [4.69, 9.17) is 0 Å². The molecule has 110 valence electrons. The van der Waals surface area contributed by atoms with Crippen LogP contribution in [0, 0.1) is 12.8 Å². The van der Waals surface area contributed by atoms with Gasteiger partial charge in [-0.25, -0.2) is 12.8 Å². The van der Waals surface area contributed by atoms with E-state index in [1.807, 2.05) is 0 Å². The number of allylic oxidation sites excluding steroid dienone is 1. The van der Waals surface area contributed by atoms with E-state index < -0.39 is 26.7 Å². The molecule has 0 radical (unpaired) electrons. The molecule has 0 bridgehead atoms.